The minimum absolute atomic E-state index is 0.215. The zero-order valence-corrected chi connectivity index (χ0v) is 12.5. The summed E-state index contributed by atoms with van der Waals surface area (Å²) in [6.45, 7) is 2.59. The molecule has 1 aliphatic rings. The average Bonchev–Trinajstić information content (AvgIpc) is 2.96. The van der Waals surface area contributed by atoms with Gasteiger partial charge < -0.3 is 10.1 Å². The number of nitrogens with one attached hydrogen (secondary N) is 1. The Morgan fingerprint density at radius 2 is 2.14 bits per heavy atom. The number of anilines is 1. The first kappa shape index (κ1) is 14.4. The van der Waals surface area contributed by atoms with E-state index >= 15 is 0 Å². The highest BCUT2D eigenvalue weighted by atomic mass is 32.1. The lowest BCUT2D eigenvalue weighted by Crippen LogP contribution is -2.24. The molecule has 0 aliphatic carbocycles. The Bertz CT molecular complexity index is 567. The molecule has 6 heteroatoms. The van der Waals surface area contributed by atoms with Gasteiger partial charge in [-0.15, -0.1) is 10.2 Å². The maximum absolute atomic E-state index is 12.9. The fraction of sp³-hybridized carbons (Fsp3) is 0.467. The van der Waals surface area contributed by atoms with Crippen LogP contribution in [0.25, 0.3) is 0 Å². The SMILES string of the molecule is Fc1ccc(Cc2nnc(NCC3CCCOC3)s2)cc1. The number of ether oxygens (including phenoxy) is 1. The summed E-state index contributed by atoms with van der Waals surface area (Å²) in [4.78, 5) is 0. The maximum Gasteiger partial charge on any atom is 0.205 e. The Hall–Kier alpha value is -1.53. The van der Waals surface area contributed by atoms with E-state index in [2.05, 4.69) is 15.5 Å². The van der Waals surface area contributed by atoms with Crippen molar-refractivity contribution in [3.05, 3.63) is 40.7 Å². The number of hydrogen-bond acceptors (Lipinski definition) is 5. The highest BCUT2D eigenvalue weighted by Crippen LogP contribution is 2.20. The van der Waals surface area contributed by atoms with Gasteiger partial charge in [0.15, 0.2) is 0 Å². The smallest absolute Gasteiger partial charge is 0.205 e. The maximum atomic E-state index is 12.9. The van der Waals surface area contributed by atoms with Crippen LogP contribution in [0.1, 0.15) is 23.4 Å². The highest BCUT2D eigenvalue weighted by Gasteiger charge is 2.14. The second-order valence-corrected chi connectivity index (χ2v) is 6.33. The summed E-state index contributed by atoms with van der Waals surface area (Å²) in [5.74, 6) is 0.344. The van der Waals surface area contributed by atoms with Crippen LogP contribution in [-0.2, 0) is 11.2 Å². The molecule has 1 aromatic carbocycles. The van der Waals surface area contributed by atoms with Crippen molar-refractivity contribution in [2.45, 2.75) is 19.3 Å². The summed E-state index contributed by atoms with van der Waals surface area (Å²) >= 11 is 1.55. The van der Waals surface area contributed by atoms with Crippen molar-refractivity contribution in [3.63, 3.8) is 0 Å². The molecule has 112 valence electrons. The van der Waals surface area contributed by atoms with E-state index < -0.39 is 0 Å². The van der Waals surface area contributed by atoms with Crippen LogP contribution in [0.5, 0.6) is 0 Å². The highest BCUT2D eigenvalue weighted by molar-refractivity contribution is 7.15. The summed E-state index contributed by atoms with van der Waals surface area (Å²) in [7, 11) is 0. The van der Waals surface area contributed by atoms with Crippen LogP contribution in [0.3, 0.4) is 0 Å². The van der Waals surface area contributed by atoms with E-state index in [0.29, 0.717) is 12.3 Å². The second-order valence-electron chi connectivity index (χ2n) is 5.27. The summed E-state index contributed by atoms with van der Waals surface area (Å²) in [6.07, 6.45) is 3.03. The van der Waals surface area contributed by atoms with E-state index in [0.717, 1.165) is 41.9 Å². The van der Waals surface area contributed by atoms with Gasteiger partial charge in [-0.25, -0.2) is 4.39 Å². The van der Waals surface area contributed by atoms with Gasteiger partial charge in [0.25, 0.3) is 0 Å². The van der Waals surface area contributed by atoms with Crippen LogP contribution in [0.4, 0.5) is 9.52 Å². The molecule has 1 aliphatic heterocycles. The second kappa shape index (κ2) is 6.95. The molecule has 4 nitrogen and oxygen atoms in total. The van der Waals surface area contributed by atoms with Gasteiger partial charge >= 0.3 is 0 Å². The van der Waals surface area contributed by atoms with Crippen molar-refractivity contribution in [2.24, 2.45) is 5.92 Å². The number of hydrogen-bond donors (Lipinski definition) is 1. The Kier molecular flexibility index (Phi) is 4.77. The van der Waals surface area contributed by atoms with Gasteiger partial charge in [-0.05, 0) is 36.5 Å². The summed E-state index contributed by atoms with van der Waals surface area (Å²) in [5.41, 5.74) is 1.04. The zero-order valence-electron chi connectivity index (χ0n) is 11.7. The number of benzene rings is 1. The fourth-order valence-electron chi connectivity index (χ4n) is 2.37. The fourth-order valence-corrected chi connectivity index (χ4v) is 3.15. The van der Waals surface area contributed by atoms with Crippen LogP contribution in [0.2, 0.25) is 0 Å². The van der Waals surface area contributed by atoms with Gasteiger partial charge in [-0.2, -0.15) is 0 Å². The van der Waals surface area contributed by atoms with Crippen molar-refractivity contribution in [1.82, 2.24) is 10.2 Å². The van der Waals surface area contributed by atoms with Crippen molar-refractivity contribution >= 4 is 16.5 Å². The summed E-state index contributed by atoms with van der Waals surface area (Å²) in [5, 5.41) is 13.4. The lowest BCUT2D eigenvalue weighted by molar-refractivity contribution is 0.0595. The van der Waals surface area contributed by atoms with Crippen LogP contribution in [-0.4, -0.2) is 30.0 Å². The molecule has 0 radical (unpaired) electrons. The minimum Gasteiger partial charge on any atom is -0.381 e. The van der Waals surface area contributed by atoms with Crippen molar-refractivity contribution < 1.29 is 9.13 Å². The first-order valence-corrected chi connectivity index (χ1v) is 8.00. The Morgan fingerprint density at radius 1 is 1.29 bits per heavy atom. The summed E-state index contributed by atoms with van der Waals surface area (Å²) in [6, 6.07) is 6.50. The van der Waals surface area contributed by atoms with Gasteiger partial charge in [0.2, 0.25) is 5.13 Å². The van der Waals surface area contributed by atoms with E-state index in [1.807, 2.05) is 0 Å². The van der Waals surface area contributed by atoms with Gasteiger partial charge in [-0.3, -0.25) is 0 Å². The first-order valence-electron chi connectivity index (χ1n) is 7.18. The predicted octanol–water partition coefficient (Wildman–Crippen LogP) is 3.11. The van der Waals surface area contributed by atoms with E-state index in [4.69, 9.17) is 4.74 Å². The molecule has 1 saturated heterocycles. The average molecular weight is 307 g/mol. The first-order chi connectivity index (χ1) is 10.3. The molecule has 0 bridgehead atoms. The summed E-state index contributed by atoms with van der Waals surface area (Å²) < 4.78 is 18.3. The number of nitrogens with zero attached hydrogens (tertiary/aromatic N) is 2. The molecule has 1 N–H and O–H groups in total. The standard InChI is InChI=1S/C15H18FN3OS/c16-13-5-3-11(4-6-13)8-14-18-19-15(21-14)17-9-12-2-1-7-20-10-12/h3-6,12H,1-2,7-10H2,(H,17,19). The third-order valence-corrected chi connectivity index (χ3v) is 4.41. The van der Waals surface area contributed by atoms with Crippen LogP contribution >= 0.6 is 11.3 Å². The van der Waals surface area contributed by atoms with Crippen LogP contribution in [0.15, 0.2) is 24.3 Å². The molecular weight excluding hydrogens is 289 g/mol. The van der Waals surface area contributed by atoms with E-state index in [-0.39, 0.29) is 5.82 Å². The number of halogens is 1. The van der Waals surface area contributed by atoms with Crippen molar-refractivity contribution in [1.29, 1.82) is 0 Å². The topological polar surface area (TPSA) is 47.0 Å². The molecule has 0 spiro atoms. The molecular formula is C15H18FN3OS. The molecule has 1 atom stereocenters. The largest absolute Gasteiger partial charge is 0.381 e. The Balaban J connectivity index is 1.52. The monoisotopic (exact) mass is 307 g/mol. The van der Waals surface area contributed by atoms with Crippen molar-refractivity contribution in [3.8, 4) is 0 Å². The molecule has 1 aromatic heterocycles. The molecule has 1 fully saturated rings. The molecule has 0 amide bonds. The van der Waals surface area contributed by atoms with Gasteiger partial charge in [0.1, 0.15) is 10.8 Å². The van der Waals surface area contributed by atoms with Crippen LogP contribution in [0, 0.1) is 11.7 Å². The normalized spacial score (nSPS) is 18.6. The number of rotatable bonds is 5. The third kappa shape index (κ3) is 4.22. The Morgan fingerprint density at radius 3 is 2.90 bits per heavy atom. The van der Waals surface area contributed by atoms with Gasteiger partial charge in [0, 0.05) is 19.6 Å². The van der Waals surface area contributed by atoms with Gasteiger partial charge in [0.05, 0.1) is 6.61 Å². The molecule has 2 aromatic rings. The number of aromatic nitrogens is 2. The zero-order chi connectivity index (χ0) is 14.5. The van der Waals surface area contributed by atoms with E-state index in [9.17, 15) is 4.39 Å². The van der Waals surface area contributed by atoms with E-state index in [1.165, 1.54) is 18.6 Å². The third-order valence-electron chi connectivity index (χ3n) is 3.53. The molecule has 0 saturated carbocycles. The quantitative estimate of drug-likeness (QED) is 0.922. The van der Waals surface area contributed by atoms with Gasteiger partial charge in [-0.1, -0.05) is 23.5 Å². The molecule has 2 heterocycles. The lowest BCUT2D eigenvalue weighted by atomic mass is 10.0. The van der Waals surface area contributed by atoms with Crippen molar-refractivity contribution in [2.75, 3.05) is 25.1 Å². The lowest BCUT2D eigenvalue weighted by Gasteiger charge is -2.21. The van der Waals surface area contributed by atoms with E-state index in [1.54, 1.807) is 23.5 Å². The molecule has 21 heavy (non-hydrogen) atoms. The molecule has 3 rings (SSSR count). The predicted molar refractivity (Wildman–Crippen MR) is 81.1 cm³/mol. The molecule has 1 unspecified atom stereocenters. The van der Waals surface area contributed by atoms with Crippen LogP contribution < -0.4 is 5.32 Å². The minimum atomic E-state index is -0.215. The Labute approximate surface area is 127 Å².